The molecule has 1 aromatic carbocycles. The van der Waals surface area contributed by atoms with Crippen LogP contribution in [-0.4, -0.2) is 44.6 Å². The maximum absolute atomic E-state index is 13.2. The summed E-state index contributed by atoms with van der Waals surface area (Å²) in [6.07, 6.45) is -0.413. The summed E-state index contributed by atoms with van der Waals surface area (Å²) in [5, 5.41) is 0. The summed E-state index contributed by atoms with van der Waals surface area (Å²) in [6, 6.07) is 2.20. The van der Waals surface area contributed by atoms with Gasteiger partial charge >= 0.3 is 0 Å². The van der Waals surface area contributed by atoms with Crippen LogP contribution in [-0.2, 0) is 14.8 Å². The molecule has 0 bridgehead atoms. The molecule has 0 aromatic heterocycles. The number of morpholine rings is 1. The Morgan fingerprint density at radius 1 is 1.40 bits per heavy atom. The van der Waals surface area contributed by atoms with Crippen molar-refractivity contribution in [3.8, 4) is 0 Å². The maximum Gasteiger partial charge on any atom is 0.243 e. The molecule has 20 heavy (non-hydrogen) atoms. The van der Waals surface area contributed by atoms with Gasteiger partial charge in [-0.3, -0.25) is 0 Å². The van der Waals surface area contributed by atoms with Crippen molar-refractivity contribution in [1.82, 2.24) is 4.31 Å². The van der Waals surface area contributed by atoms with Crippen LogP contribution in [0.1, 0.15) is 6.92 Å². The van der Waals surface area contributed by atoms with E-state index >= 15 is 0 Å². The van der Waals surface area contributed by atoms with Gasteiger partial charge in [0.1, 0.15) is 0 Å². The average molecular weight is 306 g/mol. The van der Waals surface area contributed by atoms with Crippen molar-refractivity contribution in [2.45, 2.75) is 24.0 Å². The molecule has 0 spiro atoms. The topological polar surface area (TPSA) is 72.6 Å². The van der Waals surface area contributed by atoms with Crippen LogP contribution in [0.2, 0.25) is 0 Å². The third kappa shape index (κ3) is 2.98. The van der Waals surface area contributed by atoms with Gasteiger partial charge in [-0.25, -0.2) is 17.2 Å². The highest BCUT2D eigenvalue weighted by Crippen LogP contribution is 2.21. The Hall–Kier alpha value is -1.09. The zero-order valence-corrected chi connectivity index (χ0v) is 11.7. The van der Waals surface area contributed by atoms with E-state index in [1.54, 1.807) is 6.92 Å². The van der Waals surface area contributed by atoms with Crippen molar-refractivity contribution < 1.29 is 21.9 Å². The summed E-state index contributed by atoms with van der Waals surface area (Å²) in [5.74, 6) is -2.28. The number of hydrogen-bond acceptors (Lipinski definition) is 4. The SMILES string of the molecule is CC(N)C1CN(S(=O)(=O)c2ccc(F)c(F)c2)CCO1. The minimum Gasteiger partial charge on any atom is -0.374 e. The minimum absolute atomic E-state index is 0.0962. The molecule has 2 unspecified atom stereocenters. The number of hydrogen-bond donors (Lipinski definition) is 1. The zero-order chi connectivity index (χ0) is 14.9. The highest BCUT2D eigenvalue weighted by Gasteiger charge is 2.32. The van der Waals surface area contributed by atoms with Gasteiger partial charge in [0.15, 0.2) is 11.6 Å². The fourth-order valence-corrected chi connectivity index (χ4v) is 3.42. The van der Waals surface area contributed by atoms with Gasteiger partial charge in [0.05, 0.1) is 17.6 Å². The van der Waals surface area contributed by atoms with Crippen LogP contribution in [0.5, 0.6) is 0 Å². The molecule has 1 heterocycles. The van der Waals surface area contributed by atoms with E-state index in [1.807, 2.05) is 0 Å². The van der Waals surface area contributed by atoms with Crippen molar-refractivity contribution >= 4 is 10.0 Å². The Morgan fingerprint density at radius 2 is 2.10 bits per heavy atom. The van der Waals surface area contributed by atoms with Gasteiger partial charge in [0.25, 0.3) is 0 Å². The van der Waals surface area contributed by atoms with E-state index in [4.69, 9.17) is 10.5 Å². The van der Waals surface area contributed by atoms with Crippen molar-refractivity contribution in [2.75, 3.05) is 19.7 Å². The standard InChI is InChI=1S/C12H16F2N2O3S/c1-8(15)12-7-16(4-5-19-12)20(17,18)9-2-3-10(13)11(14)6-9/h2-3,6,8,12H,4-5,7,15H2,1H3. The first-order chi connectivity index (χ1) is 9.32. The Bertz CT molecular complexity index is 592. The second-order valence-electron chi connectivity index (χ2n) is 4.71. The zero-order valence-electron chi connectivity index (χ0n) is 10.9. The minimum atomic E-state index is -3.88. The van der Waals surface area contributed by atoms with Crippen molar-refractivity contribution in [3.05, 3.63) is 29.8 Å². The van der Waals surface area contributed by atoms with Gasteiger partial charge in [-0.05, 0) is 25.1 Å². The summed E-state index contributed by atoms with van der Waals surface area (Å²) < 4.78 is 57.3. The first kappa shape index (κ1) is 15.3. The Balaban J connectivity index is 2.27. The number of ether oxygens (including phenoxy) is 1. The average Bonchev–Trinajstić information content (AvgIpc) is 2.42. The van der Waals surface area contributed by atoms with Gasteiger partial charge in [-0.2, -0.15) is 4.31 Å². The fraction of sp³-hybridized carbons (Fsp3) is 0.500. The van der Waals surface area contributed by atoms with Crippen molar-refractivity contribution in [2.24, 2.45) is 5.73 Å². The Kier molecular flexibility index (Phi) is 4.38. The first-order valence-electron chi connectivity index (χ1n) is 6.15. The molecule has 0 radical (unpaired) electrons. The predicted molar refractivity (Wildman–Crippen MR) is 68.5 cm³/mol. The highest BCUT2D eigenvalue weighted by molar-refractivity contribution is 7.89. The van der Waals surface area contributed by atoms with Gasteiger partial charge in [-0.1, -0.05) is 0 Å². The summed E-state index contributed by atoms with van der Waals surface area (Å²) in [5.41, 5.74) is 5.70. The Labute approximate surface area is 116 Å². The molecular formula is C12H16F2N2O3S. The second-order valence-corrected chi connectivity index (χ2v) is 6.65. The van der Waals surface area contributed by atoms with Crippen LogP contribution >= 0.6 is 0 Å². The molecule has 1 aliphatic heterocycles. The maximum atomic E-state index is 13.2. The lowest BCUT2D eigenvalue weighted by Gasteiger charge is -2.33. The highest BCUT2D eigenvalue weighted by atomic mass is 32.2. The normalized spacial score (nSPS) is 22.7. The number of rotatable bonds is 3. The lowest BCUT2D eigenvalue weighted by molar-refractivity contribution is -0.0120. The smallest absolute Gasteiger partial charge is 0.243 e. The number of nitrogens with zero attached hydrogens (tertiary/aromatic N) is 1. The summed E-state index contributed by atoms with van der Waals surface area (Å²) in [7, 11) is -3.88. The molecule has 0 amide bonds. The van der Waals surface area contributed by atoms with Crippen LogP contribution in [0.25, 0.3) is 0 Å². The fourth-order valence-electron chi connectivity index (χ4n) is 1.97. The molecule has 1 aliphatic rings. The van der Waals surface area contributed by atoms with E-state index in [2.05, 4.69) is 0 Å². The summed E-state index contributed by atoms with van der Waals surface area (Å²) in [4.78, 5) is -0.276. The molecule has 2 rings (SSSR count). The van der Waals surface area contributed by atoms with Gasteiger partial charge in [0.2, 0.25) is 10.0 Å². The first-order valence-corrected chi connectivity index (χ1v) is 7.59. The molecule has 2 N–H and O–H groups in total. The third-order valence-corrected chi connectivity index (χ3v) is 5.03. The van der Waals surface area contributed by atoms with Gasteiger partial charge in [0, 0.05) is 19.1 Å². The van der Waals surface area contributed by atoms with E-state index in [0.29, 0.717) is 6.07 Å². The van der Waals surface area contributed by atoms with Crippen LogP contribution in [0, 0.1) is 11.6 Å². The molecule has 112 valence electrons. The van der Waals surface area contributed by atoms with E-state index in [-0.39, 0.29) is 30.6 Å². The number of sulfonamides is 1. The monoisotopic (exact) mass is 306 g/mol. The largest absolute Gasteiger partial charge is 0.374 e. The molecule has 0 aliphatic carbocycles. The van der Waals surface area contributed by atoms with Crippen LogP contribution in [0.3, 0.4) is 0 Å². The number of nitrogens with two attached hydrogens (primary N) is 1. The lowest BCUT2D eigenvalue weighted by atomic mass is 10.2. The lowest BCUT2D eigenvalue weighted by Crippen LogP contribution is -2.51. The number of benzene rings is 1. The molecule has 1 aromatic rings. The molecule has 8 heteroatoms. The number of halogens is 2. The van der Waals surface area contributed by atoms with Gasteiger partial charge in [-0.15, -0.1) is 0 Å². The molecular weight excluding hydrogens is 290 g/mol. The Morgan fingerprint density at radius 3 is 2.70 bits per heavy atom. The molecule has 1 saturated heterocycles. The predicted octanol–water partition coefficient (Wildman–Crippen LogP) is 0.702. The third-order valence-electron chi connectivity index (χ3n) is 3.17. The van der Waals surface area contributed by atoms with E-state index in [1.165, 1.54) is 4.31 Å². The quantitative estimate of drug-likeness (QED) is 0.892. The molecule has 5 nitrogen and oxygen atoms in total. The van der Waals surface area contributed by atoms with E-state index < -0.39 is 27.8 Å². The van der Waals surface area contributed by atoms with Gasteiger partial charge < -0.3 is 10.5 Å². The van der Waals surface area contributed by atoms with E-state index in [9.17, 15) is 17.2 Å². The molecule has 2 atom stereocenters. The van der Waals surface area contributed by atoms with Crippen LogP contribution in [0.15, 0.2) is 23.1 Å². The van der Waals surface area contributed by atoms with Crippen LogP contribution < -0.4 is 5.73 Å². The van der Waals surface area contributed by atoms with Crippen LogP contribution in [0.4, 0.5) is 8.78 Å². The summed E-state index contributed by atoms with van der Waals surface area (Å²) in [6.45, 7) is 2.19. The molecule has 1 fully saturated rings. The van der Waals surface area contributed by atoms with E-state index in [0.717, 1.165) is 12.1 Å². The van der Waals surface area contributed by atoms with Crippen molar-refractivity contribution in [3.63, 3.8) is 0 Å². The second kappa shape index (κ2) is 5.72. The van der Waals surface area contributed by atoms with Crippen molar-refractivity contribution in [1.29, 1.82) is 0 Å². The summed E-state index contributed by atoms with van der Waals surface area (Å²) >= 11 is 0. The molecule has 0 saturated carbocycles.